The fourth-order valence-electron chi connectivity index (χ4n) is 4.64. The molecule has 0 atom stereocenters. The Morgan fingerprint density at radius 1 is 0.689 bits per heavy atom. The van der Waals surface area contributed by atoms with Gasteiger partial charge in [-0.15, -0.1) is 0 Å². The minimum Gasteiger partial charge on any atom is -0.462 e. The van der Waals surface area contributed by atoms with Crippen molar-refractivity contribution >= 4 is 28.9 Å². The van der Waals surface area contributed by atoms with E-state index in [0.717, 1.165) is 55.0 Å². The van der Waals surface area contributed by atoms with Crippen LogP contribution in [0.1, 0.15) is 70.4 Å². The van der Waals surface area contributed by atoms with Crippen LogP contribution in [0.25, 0.3) is 22.1 Å². The number of carbonyl (C=O) groups excluding carboxylic acids is 3. The first-order valence-electron chi connectivity index (χ1n) is 15.2. The van der Waals surface area contributed by atoms with E-state index in [0.29, 0.717) is 58.6 Å². The zero-order valence-electron chi connectivity index (χ0n) is 26.5. The fraction of sp³-hybridized carbons (Fsp3) is 0.351. The third-order valence-electron chi connectivity index (χ3n) is 7.15. The summed E-state index contributed by atoms with van der Waals surface area (Å²) in [6.45, 7) is 16.3. The molecule has 8 heteroatoms. The smallest absolute Gasteiger partial charge is 0.344 e. The van der Waals surface area contributed by atoms with Crippen molar-refractivity contribution in [3.8, 4) is 16.9 Å². The van der Waals surface area contributed by atoms with E-state index in [9.17, 15) is 19.2 Å². The molecule has 0 bridgehead atoms. The molecule has 3 aromatic rings. The standard InChI is InChI=1S/C37H42O8/c1-24(2)34(38)42-21-11-8-7-9-13-27-15-16-29-23-32(28-17-19-30(20-18-28)44-36(40)26(5)6)37(41)45-33(29)31(27)14-10-12-22-43-35(39)25(3)4/h15-20,23H,1,3,5,7-14,21-22H2,2,4,6H3. The van der Waals surface area contributed by atoms with Crippen LogP contribution in [0.3, 0.4) is 0 Å². The fourth-order valence-corrected chi connectivity index (χ4v) is 4.64. The number of unbranched alkanes of at least 4 members (excludes halogenated alkanes) is 4. The normalized spacial score (nSPS) is 10.7. The molecule has 0 radical (unpaired) electrons. The first kappa shape index (κ1) is 34.8. The number of aryl methyl sites for hydroxylation is 2. The second kappa shape index (κ2) is 16.9. The van der Waals surface area contributed by atoms with Gasteiger partial charge in [0.05, 0.1) is 18.8 Å². The number of ether oxygens (including phenoxy) is 3. The number of hydrogen-bond acceptors (Lipinski definition) is 8. The van der Waals surface area contributed by atoms with E-state index in [1.807, 2.05) is 12.1 Å². The van der Waals surface area contributed by atoms with Crippen LogP contribution in [-0.2, 0) is 36.7 Å². The van der Waals surface area contributed by atoms with Gasteiger partial charge in [0.2, 0.25) is 0 Å². The lowest BCUT2D eigenvalue weighted by Gasteiger charge is -2.14. The highest BCUT2D eigenvalue weighted by molar-refractivity contribution is 5.89. The Balaban J connectivity index is 1.77. The van der Waals surface area contributed by atoms with Gasteiger partial charge in [0.15, 0.2) is 0 Å². The van der Waals surface area contributed by atoms with Crippen molar-refractivity contribution in [1.29, 1.82) is 0 Å². The minimum absolute atomic E-state index is 0.285. The van der Waals surface area contributed by atoms with Crippen molar-refractivity contribution in [1.82, 2.24) is 0 Å². The number of fused-ring (bicyclic) bond motifs is 1. The molecular formula is C37H42O8. The highest BCUT2D eigenvalue weighted by atomic mass is 16.5. The predicted molar refractivity (Wildman–Crippen MR) is 175 cm³/mol. The monoisotopic (exact) mass is 614 g/mol. The summed E-state index contributed by atoms with van der Waals surface area (Å²) in [6.07, 6.45) is 6.43. The van der Waals surface area contributed by atoms with Gasteiger partial charge in [-0.3, -0.25) is 0 Å². The Morgan fingerprint density at radius 3 is 1.84 bits per heavy atom. The first-order valence-corrected chi connectivity index (χ1v) is 15.2. The topological polar surface area (TPSA) is 109 Å². The number of hydrogen-bond donors (Lipinski definition) is 0. The highest BCUT2D eigenvalue weighted by Gasteiger charge is 2.15. The Labute approximate surface area is 264 Å². The van der Waals surface area contributed by atoms with E-state index in [1.54, 1.807) is 45.0 Å². The quantitative estimate of drug-likeness (QED) is 0.0503. The average Bonchev–Trinajstić information content (AvgIpc) is 3.00. The molecular weight excluding hydrogens is 572 g/mol. The molecule has 0 amide bonds. The molecule has 238 valence electrons. The molecule has 0 aliphatic rings. The molecule has 1 aromatic heterocycles. The van der Waals surface area contributed by atoms with Crippen molar-refractivity contribution in [2.45, 2.75) is 72.1 Å². The van der Waals surface area contributed by atoms with Gasteiger partial charge in [-0.25, -0.2) is 19.2 Å². The Morgan fingerprint density at radius 2 is 1.24 bits per heavy atom. The van der Waals surface area contributed by atoms with E-state index in [2.05, 4.69) is 25.8 Å². The molecule has 8 nitrogen and oxygen atoms in total. The molecule has 3 rings (SSSR count). The van der Waals surface area contributed by atoms with Crippen molar-refractivity contribution < 1.29 is 33.0 Å². The summed E-state index contributed by atoms with van der Waals surface area (Å²) in [5, 5.41) is 0.800. The van der Waals surface area contributed by atoms with Crippen LogP contribution >= 0.6 is 0 Å². The number of carbonyl (C=O) groups is 3. The van der Waals surface area contributed by atoms with E-state index in [4.69, 9.17) is 18.6 Å². The summed E-state index contributed by atoms with van der Waals surface area (Å²) in [6, 6.07) is 12.5. The van der Waals surface area contributed by atoms with Crippen LogP contribution in [0.5, 0.6) is 5.75 Å². The van der Waals surface area contributed by atoms with Gasteiger partial charge in [0.1, 0.15) is 11.3 Å². The summed E-state index contributed by atoms with van der Waals surface area (Å²) in [5.41, 5.74) is 4.25. The number of esters is 3. The summed E-state index contributed by atoms with van der Waals surface area (Å²) >= 11 is 0. The van der Waals surface area contributed by atoms with E-state index < -0.39 is 17.6 Å². The van der Waals surface area contributed by atoms with Gasteiger partial charge >= 0.3 is 23.5 Å². The van der Waals surface area contributed by atoms with Crippen molar-refractivity contribution in [2.24, 2.45) is 0 Å². The van der Waals surface area contributed by atoms with Gasteiger partial charge in [-0.1, -0.05) is 56.8 Å². The second-order valence-electron chi connectivity index (χ2n) is 11.2. The molecule has 0 saturated carbocycles. The molecule has 0 unspecified atom stereocenters. The molecule has 0 N–H and O–H groups in total. The maximum atomic E-state index is 13.2. The molecule has 0 spiro atoms. The van der Waals surface area contributed by atoms with Crippen LogP contribution in [-0.4, -0.2) is 31.1 Å². The molecule has 0 aliphatic carbocycles. The molecule has 45 heavy (non-hydrogen) atoms. The maximum Gasteiger partial charge on any atom is 0.344 e. The third-order valence-corrected chi connectivity index (χ3v) is 7.15. The second-order valence-corrected chi connectivity index (χ2v) is 11.2. The number of rotatable bonds is 17. The zero-order chi connectivity index (χ0) is 32.9. The molecule has 0 aliphatic heterocycles. The van der Waals surface area contributed by atoms with Crippen LogP contribution < -0.4 is 10.4 Å². The van der Waals surface area contributed by atoms with Gasteiger partial charge in [0, 0.05) is 22.1 Å². The SMILES string of the molecule is C=C(C)C(=O)OCCCCCCc1ccc2cc(-c3ccc(OC(=O)C(=C)C)cc3)c(=O)oc2c1CCCCOC(=O)C(=C)C. The Bertz CT molecular complexity index is 1620. The number of benzene rings is 2. The van der Waals surface area contributed by atoms with Crippen LogP contribution in [0.15, 0.2) is 88.1 Å². The lowest BCUT2D eigenvalue weighted by atomic mass is 9.94. The van der Waals surface area contributed by atoms with Crippen molar-refractivity contribution in [3.05, 3.63) is 100 Å². The highest BCUT2D eigenvalue weighted by Crippen LogP contribution is 2.29. The van der Waals surface area contributed by atoms with Crippen molar-refractivity contribution in [2.75, 3.05) is 13.2 Å². The van der Waals surface area contributed by atoms with Gasteiger partial charge in [-0.05, 0) is 94.2 Å². The molecule has 0 saturated heterocycles. The van der Waals surface area contributed by atoms with E-state index >= 15 is 0 Å². The van der Waals surface area contributed by atoms with Crippen LogP contribution in [0, 0.1) is 0 Å². The maximum absolute atomic E-state index is 13.2. The van der Waals surface area contributed by atoms with Gasteiger partial charge < -0.3 is 18.6 Å². The van der Waals surface area contributed by atoms with E-state index in [-0.39, 0.29) is 12.6 Å². The Kier molecular flexibility index (Phi) is 13.1. The molecule has 1 heterocycles. The Hall–Kier alpha value is -4.72. The predicted octanol–water partition coefficient (Wildman–Crippen LogP) is 7.61. The lowest BCUT2D eigenvalue weighted by molar-refractivity contribution is -0.139. The van der Waals surface area contributed by atoms with Gasteiger partial charge in [-0.2, -0.15) is 0 Å². The van der Waals surface area contributed by atoms with Crippen molar-refractivity contribution in [3.63, 3.8) is 0 Å². The molecule has 0 fully saturated rings. The third kappa shape index (κ3) is 10.4. The van der Waals surface area contributed by atoms with Crippen LogP contribution in [0.2, 0.25) is 0 Å². The average molecular weight is 615 g/mol. The van der Waals surface area contributed by atoms with E-state index in [1.165, 1.54) is 0 Å². The minimum atomic E-state index is -0.519. The summed E-state index contributed by atoms with van der Waals surface area (Å²) in [4.78, 5) is 48.4. The van der Waals surface area contributed by atoms with Crippen LogP contribution in [0.4, 0.5) is 0 Å². The summed E-state index contributed by atoms with van der Waals surface area (Å²) in [5.74, 6) is -0.938. The first-order chi connectivity index (χ1) is 21.5. The summed E-state index contributed by atoms with van der Waals surface area (Å²) < 4.78 is 21.6. The molecule has 2 aromatic carbocycles. The summed E-state index contributed by atoms with van der Waals surface area (Å²) in [7, 11) is 0. The lowest BCUT2D eigenvalue weighted by Crippen LogP contribution is -2.08. The zero-order valence-corrected chi connectivity index (χ0v) is 26.5. The largest absolute Gasteiger partial charge is 0.462 e. The van der Waals surface area contributed by atoms with Gasteiger partial charge in [0.25, 0.3) is 0 Å².